The van der Waals surface area contributed by atoms with Crippen molar-refractivity contribution in [3.05, 3.63) is 40.9 Å². The minimum absolute atomic E-state index is 0.331. The van der Waals surface area contributed by atoms with Crippen molar-refractivity contribution in [2.24, 2.45) is 0 Å². The van der Waals surface area contributed by atoms with Gasteiger partial charge in [0, 0.05) is 27.0 Å². The maximum Gasteiger partial charge on any atom is 0.0766 e. The first-order valence-corrected chi connectivity index (χ1v) is 8.16. The summed E-state index contributed by atoms with van der Waals surface area (Å²) in [4.78, 5) is 0. The molecule has 2 N–H and O–H groups in total. The van der Waals surface area contributed by atoms with Crippen LogP contribution in [0.2, 0.25) is 5.02 Å². The molecule has 0 unspecified atom stereocenters. The molecule has 0 aliphatic heterocycles. The zero-order valence-corrected chi connectivity index (χ0v) is 12.1. The summed E-state index contributed by atoms with van der Waals surface area (Å²) in [7, 11) is 0. The van der Waals surface area contributed by atoms with Gasteiger partial charge in [0.15, 0.2) is 0 Å². The second kappa shape index (κ2) is 5.42. The number of fused-ring (bicyclic) bond motifs is 1. The van der Waals surface area contributed by atoms with Crippen LogP contribution >= 0.6 is 35.1 Å². The molecule has 90 valence electrons. The molecule has 0 saturated carbocycles. The van der Waals surface area contributed by atoms with Crippen molar-refractivity contribution >= 4 is 51.6 Å². The normalized spacial score (nSPS) is 11.3. The summed E-state index contributed by atoms with van der Waals surface area (Å²) < 4.78 is 0.331. The summed E-state index contributed by atoms with van der Waals surface area (Å²) >= 11 is 9.88. The first-order valence-electron chi connectivity index (χ1n) is 5.21. The number of hydrogen-bond acceptors (Lipinski definition) is 3. The highest BCUT2D eigenvalue weighted by atomic mass is 35.5. The maximum atomic E-state index is 6.32. The van der Waals surface area contributed by atoms with Gasteiger partial charge in [0.1, 0.15) is 0 Å². The number of hydrogen-bond donors (Lipinski definition) is 1. The summed E-state index contributed by atoms with van der Waals surface area (Å²) in [6.07, 6.45) is 4.17. The Kier molecular flexibility index (Phi) is 4.13. The highest BCUT2D eigenvalue weighted by Gasteiger charge is 2.15. The highest BCUT2D eigenvalue weighted by Crippen LogP contribution is 2.43. The topological polar surface area (TPSA) is 26.0 Å². The Morgan fingerprint density at radius 3 is 2.29 bits per heavy atom. The van der Waals surface area contributed by atoms with Gasteiger partial charge in [-0.1, -0.05) is 35.9 Å². The fraction of sp³-hybridized carbons (Fsp3) is 0.231. The van der Waals surface area contributed by atoms with E-state index in [-0.39, 0.29) is 0 Å². The number of thioether (sulfide) groups is 2. The van der Waals surface area contributed by atoms with Gasteiger partial charge in [0.2, 0.25) is 0 Å². The van der Waals surface area contributed by atoms with E-state index < -0.39 is 0 Å². The van der Waals surface area contributed by atoms with Crippen molar-refractivity contribution in [3.8, 4) is 0 Å². The van der Waals surface area contributed by atoms with Crippen LogP contribution in [0.3, 0.4) is 0 Å². The van der Waals surface area contributed by atoms with Crippen molar-refractivity contribution < 1.29 is 0 Å². The number of halogens is 1. The van der Waals surface area contributed by atoms with Crippen molar-refractivity contribution in [3.63, 3.8) is 0 Å². The molecule has 0 radical (unpaired) electrons. The maximum absolute atomic E-state index is 6.32. The van der Waals surface area contributed by atoms with Gasteiger partial charge in [-0.25, -0.2) is 0 Å². The Balaban J connectivity index is 2.70. The molecule has 0 heterocycles. The molecule has 0 saturated heterocycles. The van der Waals surface area contributed by atoms with E-state index in [1.54, 1.807) is 23.5 Å². The van der Waals surface area contributed by atoms with Crippen LogP contribution in [0, 0.1) is 0 Å². The summed E-state index contributed by atoms with van der Waals surface area (Å²) in [6, 6.07) is 10.00. The molecule has 0 aliphatic rings. The molecule has 17 heavy (non-hydrogen) atoms. The largest absolute Gasteiger partial charge is 0.398 e. The van der Waals surface area contributed by atoms with E-state index in [0.29, 0.717) is 4.58 Å². The van der Waals surface area contributed by atoms with Crippen LogP contribution in [0.1, 0.15) is 10.1 Å². The number of rotatable bonds is 3. The molecule has 1 nitrogen and oxygen atoms in total. The van der Waals surface area contributed by atoms with Crippen molar-refractivity contribution in [2.75, 3.05) is 18.2 Å². The summed E-state index contributed by atoms with van der Waals surface area (Å²) in [5.41, 5.74) is 8.22. The smallest absolute Gasteiger partial charge is 0.0766 e. The Morgan fingerprint density at radius 1 is 1.12 bits per heavy atom. The molecule has 0 aromatic heterocycles. The van der Waals surface area contributed by atoms with E-state index in [2.05, 4.69) is 12.5 Å². The Hall–Kier alpha value is -0.510. The first-order chi connectivity index (χ1) is 8.19. The van der Waals surface area contributed by atoms with Gasteiger partial charge >= 0.3 is 0 Å². The standard InChI is InChI=1S/C13H14ClNS2/c1-16-13(17-2)10-7-11(14)8-5-3-4-6-9(8)12(10)15/h3-7,13H,15H2,1-2H3. The SMILES string of the molecule is CSC(SC)c1cc(Cl)c2ccccc2c1N. The van der Waals surface area contributed by atoms with Crippen LogP contribution in [-0.2, 0) is 0 Å². The molecule has 2 aromatic carbocycles. The van der Waals surface area contributed by atoms with Gasteiger partial charge in [-0.2, -0.15) is 0 Å². The highest BCUT2D eigenvalue weighted by molar-refractivity contribution is 8.15. The van der Waals surface area contributed by atoms with E-state index in [1.165, 1.54) is 0 Å². The van der Waals surface area contributed by atoms with Crippen LogP contribution < -0.4 is 5.73 Å². The molecule has 0 fully saturated rings. The molecule has 0 spiro atoms. The lowest BCUT2D eigenvalue weighted by Gasteiger charge is -2.17. The third kappa shape index (κ3) is 2.37. The Labute approximate surface area is 115 Å². The van der Waals surface area contributed by atoms with Gasteiger partial charge in [-0.3, -0.25) is 0 Å². The minimum atomic E-state index is 0.331. The van der Waals surface area contributed by atoms with Crippen LogP contribution in [0.4, 0.5) is 5.69 Å². The fourth-order valence-electron chi connectivity index (χ4n) is 1.92. The predicted octanol–water partition coefficient (Wildman–Crippen LogP) is 4.80. The molecule has 0 aliphatic carbocycles. The first kappa shape index (κ1) is 12.9. The molecular formula is C13H14ClNS2. The molecule has 0 bridgehead atoms. The summed E-state index contributed by atoms with van der Waals surface area (Å²) in [6.45, 7) is 0. The third-order valence-electron chi connectivity index (χ3n) is 2.75. The Bertz CT molecular complexity index is 538. The quantitative estimate of drug-likeness (QED) is 0.647. The predicted molar refractivity (Wildman–Crippen MR) is 83.1 cm³/mol. The minimum Gasteiger partial charge on any atom is -0.398 e. The van der Waals surface area contributed by atoms with Gasteiger partial charge in [0.25, 0.3) is 0 Å². The van der Waals surface area contributed by atoms with Gasteiger partial charge in [0.05, 0.1) is 4.58 Å². The van der Waals surface area contributed by atoms with Crippen LogP contribution in [0.25, 0.3) is 10.8 Å². The third-order valence-corrected chi connectivity index (χ3v) is 5.58. The number of benzene rings is 2. The van der Waals surface area contributed by atoms with E-state index in [4.69, 9.17) is 17.3 Å². The van der Waals surface area contributed by atoms with Crippen LogP contribution in [0.15, 0.2) is 30.3 Å². The summed E-state index contributed by atoms with van der Waals surface area (Å²) in [5, 5.41) is 2.84. The second-order valence-electron chi connectivity index (χ2n) is 3.71. The number of anilines is 1. The zero-order valence-electron chi connectivity index (χ0n) is 9.74. The Morgan fingerprint density at radius 2 is 1.71 bits per heavy atom. The molecule has 0 amide bonds. The lowest BCUT2D eigenvalue weighted by molar-refractivity contribution is 1.41. The second-order valence-corrected chi connectivity index (χ2v) is 6.30. The average molecular weight is 284 g/mol. The molecule has 0 atom stereocenters. The fourth-order valence-corrected chi connectivity index (χ4v) is 3.87. The van der Waals surface area contributed by atoms with E-state index in [1.807, 2.05) is 30.3 Å². The number of nitrogen functional groups attached to an aromatic ring is 1. The van der Waals surface area contributed by atoms with Crippen LogP contribution in [-0.4, -0.2) is 12.5 Å². The lowest BCUT2D eigenvalue weighted by Crippen LogP contribution is -1.98. The van der Waals surface area contributed by atoms with Gasteiger partial charge < -0.3 is 5.73 Å². The lowest BCUT2D eigenvalue weighted by atomic mass is 10.0. The monoisotopic (exact) mass is 283 g/mol. The van der Waals surface area contributed by atoms with E-state index in [0.717, 1.165) is 27.0 Å². The summed E-state index contributed by atoms with van der Waals surface area (Å²) in [5.74, 6) is 0. The van der Waals surface area contributed by atoms with Gasteiger partial charge in [-0.05, 0) is 18.6 Å². The van der Waals surface area contributed by atoms with Crippen molar-refractivity contribution in [1.29, 1.82) is 0 Å². The molecule has 2 rings (SSSR count). The average Bonchev–Trinajstić information content (AvgIpc) is 2.37. The number of nitrogens with two attached hydrogens (primary N) is 1. The molecule has 2 aromatic rings. The molecule has 4 heteroatoms. The van der Waals surface area contributed by atoms with Crippen LogP contribution in [0.5, 0.6) is 0 Å². The molecular weight excluding hydrogens is 270 g/mol. The van der Waals surface area contributed by atoms with E-state index in [9.17, 15) is 0 Å². The van der Waals surface area contributed by atoms with E-state index >= 15 is 0 Å². The van der Waals surface area contributed by atoms with Gasteiger partial charge in [-0.15, -0.1) is 23.5 Å². The zero-order chi connectivity index (χ0) is 12.4. The van der Waals surface area contributed by atoms with Crippen molar-refractivity contribution in [2.45, 2.75) is 4.58 Å². The van der Waals surface area contributed by atoms with Crippen molar-refractivity contribution in [1.82, 2.24) is 0 Å².